The van der Waals surface area contributed by atoms with Crippen LogP contribution in [0.5, 0.6) is 0 Å². The van der Waals surface area contributed by atoms with Crippen molar-refractivity contribution < 1.29 is 18.0 Å². The summed E-state index contributed by atoms with van der Waals surface area (Å²) in [6.45, 7) is 7.84. The maximum Gasteiger partial charge on any atom is 0.449 e. The summed E-state index contributed by atoms with van der Waals surface area (Å²) in [5.74, 6) is -1.49. The minimum Gasteiger partial charge on any atom is -0.348 e. The summed E-state index contributed by atoms with van der Waals surface area (Å²) >= 11 is 0. The van der Waals surface area contributed by atoms with Gasteiger partial charge in [-0.2, -0.15) is 13.2 Å². The van der Waals surface area contributed by atoms with E-state index in [9.17, 15) is 18.0 Å². The molecule has 154 valence electrons. The van der Waals surface area contributed by atoms with Crippen molar-refractivity contribution in [3.8, 4) is 0 Å². The molecule has 1 aromatic heterocycles. The Morgan fingerprint density at radius 3 is 2.50 bits per heavy atom. The van der Waals surface area contributed by atoms with Gasteiger partial charge < -0.3 is 14.8 Å². The van der Waals surface area contributed by atoms with Crippen LogP contribution in [0.15, 0.2) is 18.2 Å². The molecule has 3 rings (SSSR count). The van der Waals surface area contributed by atoms with Crippen LogP contribution < -0.4 is 5.32 Å². The van der Waals surface area contributed by atoms with Crippen LogP contribution >= 0.6 is 0 Å². The standard InChI is InChI=1S/C20H27F3N4O/c1-14-7-8-15-16(11-14)27(18(24-15)20(21,22)23)12-17(28)25-19(2,3)13-26-9-5-4-6-10-26/h7-8,11H,4-6,9-10,12-13H2,1-3H3,(H,25,28). The van der Waals surface area contributed by atoms with Crippen molar-refractivity contribution in [2.24, 2.45) is 0 Å². The summed E-state index contributed by atoms with van der Waals surface area (Å²) in [7, 11) is 0. The number of amides is 1. The van der Waals surface area contributed by atoms with Gasteiger partial charge in [0.05, 0.1) is 11.0 Å². The second-order valence-electron chi connectivity index (χ2n) is 8.28. The minimum absolute atomic E-state index is 0.235. The van der Waals surface area contributed by atoms with Gasteiger partial charge in [0.15, 0.2) is 0 Å². The van der Waals surface area contributed by atoms with Gasteiger partial charge in [-0.05, 0) is 64.4 Å². The number of hydrogen-bond acceptors (Lipinski definition) is 3. The zero-order valence-electron chi connectivity index (χ0n) is 16.6. The van der Waals surface area contributed by atoms with E-state index in [0.29, 0.717) is 12.1 Å². The lowest BCUT2D eigenvalue weighted by Gasteiger charge is -2.35. The van der Waals surface area contributed by atoms with Gasteiger partial charge in [-0.15, -0.1) is 0 Å². The van der Waals surface area contributed by atoms with Gasteiger partial charge in [-0.25, -0.2) is 4.98 Å². The highest BCUT2D eigenvalue weighted by molar-refractivity contribution is 5.82. The van der Waals surface area contributed by atoms with Crippen LogP contribution in [0.25, 0.3) is 11.0 Å². The molecule has 1 aliphatic rings. The molecule has 0 unspecified atom stereocenters. The van der Waals surface area contributed by atoms with Gasteiger partial charge in [0.25, 0.3) is 0 Å². The summed E-state index contributed by atoms with van der Waals surface area (Å²) in [6, 6.07) is 4.89. The van der Waals surface area contributed by atoms with Gasteiger partial charge >= 0.3 is 6.18 Å². The smallest absolute Gasteiger partial charge is 0.348 e. The zero-order chi connectivity index (χ0) is 20.5. The Kier molecular flexibility index (Phi) is 5.70. The predicted octanol–water partition coefficient (Wildman–Crippen LogP) is 3.74. The minimum atomic E-state index is -4.63. The van der Waals surface area contributed by atoms with Gasteiger partial charge in [0.2, 0.25) is 11.7 Å². The molecule has 0 spiro atoms. The largest absolute Gasteiger partial charge is 0.449 e. The quantitative estimate of drug-likeness (QED) is 0.838. The van der Waals surface area contributed by atoms with Crippen LogP contribution in [-0.2, 0) is 17.5 Å². The number of nitrogens with zero attached hydrogens (tertiary/aromatic N) is 3. The number of halogens is 3. The van der Waals surface area contributed by atoms with E-state index in [0.717, 1.165) is 36.1 Å². The van der Waals surface area contributed by atoms with Gasteiger partial charge in [-0.3, -0.25) is 4.79 Å². The van der Waals surface area contributed by atoms with Crippen LogP contribution in [0, 0.1) is 6.92 Å². The first-order valence-electron chi connectivity index (χ1n) is 9.63. The average molecular weight is 396 g/mol. The molecule has 1 aliphatic heterocycles. The number of likely N-dealkylation sites (tertiary alicyclic amines) is 1. The number of nitrogens with one attached hydrogen (secondary N) is 1. The fourth-order valence-electron chi connectivity index (χ4n) is 3.89. The number of aromatic nitrogens is 2. The molecule has 0 saturated carbocycles. The van der Waals surface area contributed by atoms with E-state index in [1.54, 1.807) is 25.1 Å². The number of rotatable bonds is 5. The van der Waals surface area contributed by atoms with Crippen LogP contribution in [0.4, 0.5) is 13.2 Å². The van der Waals surface area contributed by atoms with Gasteiger partial charge in [0, 0.05) is 12.1 Å². The molecule has 2 aromatic rings. The Morgan fingerprint density at radius 2 is 1.86 bits per heavy atom. The van der Waals surface area contributed by atoms with E-state index in [1.165, 1.54) is 6.42 Å². The van der Waals surface area contributed by atoms with Crippen molar-refractivity contribution in [2.75, 3.05) is 19.6 Å². The second kappa shape index (κ2) is 7.73. The number of aryl methyl sites for hydroxylation is 1. The topological polar surface area (TPSA) is 50.2 Å². The van der Waals surface area contributed by atoms with E-state index in [2.05, 4.69) is 15.2 Å². The third kappa shape index (κ3) is 4.84. The highest BCUT2D eigenvalue weighted by Crippen LogP contribution is 2.31. The van der Waals surface area contributed by atoms with Crippen LogP contribution in [0.1, 0.15) is 44.5 Å². The Labute approximate surface area is 162 Å². The first-order valence-corrected chi connectivity index (χ1v) is 9.63. The molecule has 0 radical (unpaired) electrons. The maximum absolute atomic E-state index is 13.5. The maximum atomic E-state index is 13.5. The zero-order valence-corrected chi connectivity index (χ0v) is 16.6. The lowest BCUT2D eigenvalue weighted by atomic mass is 10.0. The van der Waals surface area contributed by atoms with Crippen molar-refractivity contribution in [1.29, 1.82) is 0 Å². The number of imidazole rings is 1. The molecule has 0 aliphatic carbocycles. The Balaban J connectivity index is 1.79. The number of carbonyl (C=O) groups is 1. The number of fused-ring (bicyclic) bond motifs is 1. The van der Waals surface area contributed by atoms with E-state index in [4.69, 9.17) is 0 Å². The first kappa shape index (κ1) is 20.6. The van der Waals surface area contributed by atoms with Crippen LogP contribution in [0.3, 0.4) is 0 Å². The van der Waals surface area contributed by atoms with Gasteiger partial charge in [-0.1, -0.05) is 12.5 Å². The third-order valence-electron chi connectivity index (χ3n) is 5.00. The molecule has 1 N–H and O–H groups in total. The predicted molar refractivity (Wildman–Crippen MR) is 102 cm³/mol. The SMILES string of the molecule is Cc1ccc2nc(C(F)(F)F)n(CC(=O)NC(C)(C)CN3CCCCC3)c2c1. The molecule has 2 heterocycles. The van der Waals surface area contributed by atoms with E-state index < -0.39 is 30.0 Å². The number of carbonyl (C=O) groups excluding carboxylic acids is 1. The highest BCUT2D eigenvalue weighted by atomic mass is 19.4. The number of benzene rings is 1. The first-order chi connectivity index (χ1) is 13.0. The van der Waals surface area contributed by atoms with Crippen molar-refractivity contribution in [1.82, 2.24) is 19.8 Å². The second-order valence-corrected chi connectivity index (χ2v) is 8.28. The normalized spacial score (nSPS) is 16.5. The monoisotopic (exact) mass is 396 g/mol. The van der Waals surface area contributed by atoms with Gasteiger partial charge in [0.1, 0.15) is 6.54 Å². The van der Waals surface area contributed by atoms with Crippen molar-refractivity contribution in [3.05, 3.63) is 29.6 Å². The summed E-state index contributed by atoms with van der Waals surface area (Å²) < 4.78 is 41.4. The van der Waals surface area contributed by atoms with Crippen molar-refractivity contribution >= 4 is 16.9 Å². The molecule has 0 atom stereocenters. The molecular weight excluding hydrogens is 369 g/mol. The van der Waals surface area contributed by atoms with Crippen LogP contribution in [0.2, 0.25) is 0 Å². The Morgan fingerprint density at radius 1 is 1.18 bits per heavy atom. The summed E-state index contributed by atoms with van der Waals surface area (Å²) in [6.07, 6.45) is -1.13. The average Bonchev–Trinajstić information content (AvgIpc) is 2.92. The number of alkyl halides is 3. The highest BCUT2D eigenvalue weighted by Gasteiger charge is 2.38. The molecule has 28 heavy (non-hydrogen) atoms. The van der Waals surface area contributed by atoms with E-state index >= 15 is 0 Å². The van der Waals surface area contributed by atoms with E-state index in [1.807, 2.05) is 13.8 Å². The van der Waals surface area contributed by atoms with Crippen LogP contribution in [-0.4, -0.2) is 45.5 Å². The summed E-state index contributed by atoms with van der Waals surface area (Å²) in [5, 5.41) is 2.90. The lowest BCUT2D eigenvalue weighted by molar-refractivity contribution is -0.147. The summed E-state index contributed by atoms with van der Waals surface area (Å²) in [4.78, 5) is 18.6. The molecule has 0 bridgehead atoms. The Bertz CT molecular complexity index is 851. The molecule has 1 saturated heterocycles. The van der Waals surface area contributed by atoms with Crippen molar-refractivity contribution in [2.45, 2.75) is 58.3 Å². The molecule has 1 aromatic carbocycles. The lowest BCUT2D eigenvalue weighted by Crippen LogP contribution is -2.53. The molecule has 1 amide bonds. The number of hydrogen-bond donors (Lipinski definition) is 1. The van der Waals surface area contributed by atoms with E-state index in [-0.39, 0.29) is 5.52 Å². The van der Waals surface area contributed by atoms with Crippen molar-refractivity contribution in [3.63, 3.8) is 0 Å². The molecule has 8 heteroatoms. The fraction of sp³-hybridized carbons (Fsp3) is 0.600. The fourth-order valence-corrected chi connectivity index (χ4v) is 3.89. The Hall–Kier alpha value is -2.09. The third-order valence-corrected chi connectivity index (χ3v) is 5.00. The molecule has 1 fully saturated rings. The molecule has 5 nitrogen and oxygen atoms in total. The molecular formula is C20H27F3N4O. The number of piperidine rings is 1. The summed E-state index contributed by atoms with van der Waals surface area (Å²) in [5.41, 5.74) is 0.835.